The molecule has 0 radical (unpaired) electrons. The first-order valence-electron chi connectivity index (χ1n) is 4.96. The summed E-state index contributed by atoms with van der Waals surface area (Å²) >= 11 is 7.67. The Kier molecular flexibility index (Phi) is 2.17. The molecule has 0 aliphatic carbocycles. The van der Waals surface area contributed by atoms with E-state index < -0.39 is 0 Å². The first-order chi connectivity index (χ1) is 7.69. The molecule has 82 valence electrons. The van der Waals surface area contributed by atoms with Crippen molar-refractivity contribution in [3.05, 3.63) is 34.6 Å². The molecule has 3 rings (SSSR count). The molecule has 0 saturated carbocycles. The van der Waals surface area contributed by atoms with E-state index in [1.165, 1.54) is 5.52 Å². The minimum atomic E-state index is 0.475. The molecular formula is C11H10ClN3S. The first-order valence-corrected chi connectivity index (χ1v) is 6.15. The number of rotatable bonds is 1. The highest BCUT2D eigenvalue weighted by atomic mass is 35.5. The number of hydrogen-bond donors (Lipinski definition) is 1. The highest BCUT2D eigenvalue weighted by molar-refractivity contribution is 7.23. The van der Waals surface area contributed by atoms with Gasteiger partial charge in [-0.25, -0.2) is 4.98 Å². The van der Waals surface area contributed by atoms with E-state index in [2.05, 4.69) is 16.3 Å². The second-order valence-corrected chi connectivity index (χ2v) is 5.21. The van der Waals surface area contributed by atoms with Crippen LogP contribution in [0.25, 0.3) is 15.2 Å². The summed E-state index contributed by atoms with van der Waals surface area (Å²) in [5.74, 6) is 0. The standard InChI is InChI=1S/C11H10ClN3S/c1-6-2-7(12)3-9-10(6)15-5-8(4-13)14-11(15)16-9/h2-3,5H,4,13H2,1H3. The summed E-state index contributed by atoms with van der Waals surface area (Å²) < 4.78 is 3.25. The summed E-state index contributed by atoms with van der Waals surface area (Å²) in [5.41, 5.74) is 8.84. The van der Waals surface area contributed by atoms with Gasteiger partial charge in [0.25, 0.3) is 0 Å². The first kappa shape index (κ1) is 10.1. The fraction of sp³-hybridized carbons (Fsp3) is 0.182. The van der Waals surface area contributed by atoms with E-state index >= 15 is 0 Å². The number of thiazole rings is 1. The van der Waals surface area contributed by atoms with Crippen molar-refractivity contribution in [3.8, 4) is 0 Å². The number of nitrogens with zero attached hydrogens (tertiary/aromatic N) is 2. The minimum absolute atomic E-state index is 0.475. The van der Waals surface area contributed by atoms with E-state index in [4.69, 9.17) is 17.3 Å². The van der Waals surface area contributed by atoms with Crippen molar-refractivity contribution >= 4 is 38.1 Å². The molecule has 3 nitrogen and oxygen atoms in total. The topological polar surface area (TPSA) is 43.3 Å². The summed E-state index contributed by atoms with van der Waals surface area (Å²) in [7, 11) is 0. The van der Waals surface area contributed by atoms with Crippen LogP contribution in [0.3, 0.4) is 0 Å². The normalized spacial score (nSPS) is 11.7. The quantitative estimate of drug-likeness (QED) is 0.723. The molecule has 0 unspecified atom stereocenters. The van der Waals surface area contributed by atoms with E-state index in [-0.39, 0.29) is 0 Å². The van der Waals surface area contributed by atoms with Gasteiger partial charge < -0.3 is 5.73 Å². The van der Waals surface area contributed by atoms with Crippen molar-refractivity contribution in [2.45, 2.75) is 13.5 Å². The molecule has 0 saturated heterocycles. The maximum Gasteiger partial charge on any atom is 0.195 e. The van der Waals surface area contributed by atoms with Crippen molar-refractivity contribution in [2.75, 3.05) is 0 Å². The van der Waals surface area contributed by atoms with Gasteiger partial charge in [0.15, 0.2) is 4.96 Å². The number of fused-ring (bicyclic) bond motifs is 3. The predicted molar refractivity (Wildman–Crippen MR) is 68.2 cm³/mol. The number of imidazole rings is 1. The van der Waals surface area contributed by atoms with Gasteiger partial charge >= 0.3 is 0 Å². The largest absolute Gasteiger partial charge is 0.325 e. The van der Waals surface area contributed by atoms with Gasteiger partial charge in [-0.15, -0.1) is 0 Å². The summed E-state index contributed by atoms with van der Waals surface area (Å²) in [6.45, 7) is 2.53. The van der Waals surface area contributed by atoms with Crippen LogP contribution in [-0.2, 0) is 6.54 Å². The summed E-state index contributed by atoms with van der Waals surface area (Å²) in [5, 5.41) is 0.772. The van der Waals surface area contributed by atoms with Crippen molar-refractivity contribution in [1.29, 1.82) is 0 Å². The Balaban J connectivity index is 2.46. The molecule has 0 fully saturated rings. The van der Waals surface area contributed by atoms with E-state index in [0.29, 0.717) is 6.54 Å². The van der Waals surface area contributed by atoms with Crippen molar-refractivity contribution in [1.82, 2.24) is 9.38 Å². The molecule has 5 heteroatoms. The van der Waals surface area contributed by atoms with Crippen LogP contribution in [0.5, 0.6) is 0 Å². The Bertz CT molecular complexity index is 683. The number of nitrogens with two attached hydrogens (primary N) is 1. The van der Waals surface area contributed by atoms with Gasteiger partial charge in [0.1, 0.15) is 0 Å². The molecule has 16 heavy (non-hydrogen) atoms. The van der Waals surface area contributed by atoms with Gasteiger partial charge in [0, 0.05) is 17.8 Å². The van der Waals surface area contributed by atoms with Crippen molar-refractivity contribution in [2.24, 2.45) is 5.73 Å². The maximum absolute atomic E-state index is 6.03. The minimum Gasteiger partial charge on any atom is -0.325 e. The van der Waals surface area contributed by atoms with Gasteiger partial charge in [-0.05, 0) is 24.6 Å². The predicted octanol–water partition coefficient (Wildman–Crippen LogP) is 2.97. The van der Waals surface area contributed by atoms with Crippen LogP contribution in [0.4, 0.5) is 0 Å². The Morgan fingerprint density at radius 1 is 1.50 bits per heavy atom. The molecule has 2 N–H and O–H groups in total. The highest BCUT2D eigenvalue weighted by Crippen LogP contribution is 2.31. The van der Waals surface area contributed by atoms with E-state index in [0.717, 1.165) is 25.9 Å². The Labute approximate surface area is 101 Å². The number of halogens is 1. The molecule has 3 aromatic rings. The SMILES string of the molecule is Cc1cc(Cl)cc2sc3nc(CN)cn3c12. The average molecular weight is 252 g/mol. The Morgan fingerprint density at radius 2 is 2.31 bits per heavy atom. The van der Waals surface area contributed by atoms with E-state index in [1.807, 2.05) is 18.3 Å². The second kappa shape index (κ2) is 3.45. The number of hydrogen-bond acceptors (Lipinski definition) is 3. The monoisotopic (exact) mass is 251 g/mol. The zero-order chi connectivity index (χ0) is 11.3. The lowest BCUT2D eigenvalue weighted by Gasteiger charge is -1.98. The van der Waals surface area contributed by atoms with Gasteiger partial charge in [0.05, 0.1) is 15.9 Å². The van der Waals surface area contributed by atoms with Crippen LogP contribution in [0.15, 0.2) is 18.3 Å². The molecule has 0 aliphatic heterocycles. The maximum atomic E-state index is 6.03. The third-order valence-electron chi connectivity index (χ3n) is 2.61. The highest BCUT2D eigenvalue weighted by Gasteiger charge is 2.10. The smallest absolute Gasteiger partial charge is 0.195 e. The van der Waals surface area contributed by atoms with Crippen LogP contribution >= 0.6 is 22.9 Å². The third-order valence-corrected chi connectivity index (χ3v) is 3.82. The summed E-state index contributed by atoms with van der Waals surface area (Å²) in [6.07, 6.45) is 2.00. The van der Waals surface area contributed by atoms with Crippen LogP contribution in [0.2, 0.25) is 5.02 Å². The zero-order valence-electron chi connectivity index (χ0n) is 8.70. The summed E-state index contributed by atoms with van der Waals surface area (Å²) in [6, 6.07) is 3.95. The zero-order valence-corrected chi connectivity index (χ0v) is 10.3. The van der Waals surface area contributed by atoms with Gasteiger partial charge in [-0.3, -0.25) is 4.40 Å². The fourth-order valence-electron chi connectivity index (χ4n) is 1.93. The Hall–Kier alpha value is -1.10. The van der Waals surface area contributed by atoms with E-state index in [1.54, 1.807) is 11.3 Å². The molecule has 0 spiro atoms. The summed E-state index contributed by atoms with van der Waals surface area (Å²) in [4.78, 5) is 5.43. The molecular weight excluding hydrogens is 242 g/mol. The average Bonchev–Trinajstić information content (AvgIpc) is 2.72. The van der Waals surface area contributed by atoms with Crippen molar-refractivity contribution < 1.29 is 0 Å². The molecule has 0 aliphatic rings. The lowest BCUT2D eigenvalue weighted by atomic mass is 10.2. The van der Waals surface area contributed by atoms with Crippen LogP contribution in [-0.4, -0.2) is 9.38 Å². The molecule has 0 amide bonds. The lowest BCUT2D eigenvalue weighted by molar-refractivity contribution is 1.02. The molecule has 0 bridgehead atoms. The third kappa shape index (κ3) is 1.34. The van der Waals surface area contributed by atoms with Crippen LogP contribution in [0, 0.1) is 6.92 Å². The fourth-order valence-corrected chi connectivity index (χ4v) is 3.41. The number of aromatic nitrogens is 2. The van der Waals surface area contributed by atoms with Crippen LogP contribution in [0.1, 0.15) is 11.3 Å². The Morgan fingerprint density at radius 3 is 3.06 bits per heavy atom. The molecule has 1 aromatic carbocycles. The van der Waals surface area contributed by atoms with Crippen LogP contribution < -0.4 is 5.73 Å². The number of aryl methyl sites for hydroxylation is 1. The second-order valence-electron chi connectivity index (χ2n) is 3.76. The van der Waals surface area contributed by atoms with Gasteiger partial charge in [-0.2, -0.15) is 0 Å². The molecule has 2 heterocycles. The molecule has 0 atom stereocenters. The molecule has 2 aromatic heterocycles. The van der Waals surface area contributed by atoms with Crippen molar-refractivity contribution in [3.63, 3.8) is 0 Å². The van der Waals surface area contributed by atoms with Gasteiger partial charge in [-0.1, -0.05) is 22.9 Å². The van der Waals surface area contributed by atoms with Gasteiger partial charge in [0.2, 0.25) is 0 Å². The lowest BCUT2D eigenvalue weighted by Crippen LogP contribution is -1.95. The number of benzene rings is 1. The van der Waals surface area contributed by atoms with E-state index in [9.17, 15) is 0 Å².